The molecule has 13 heteroatoms. The molecule has 1 fully saturated rings. The van der Waals surface area contributed by atoms with E-state index in [1.165, 1.54) is 199 Å². The highest BCUT2D eigenvalue weighted by Crippen LogP contribution is 2.26. The molecule has 0 spiro atoms. The van der Waals surface area contributed by atoms with Gasteiger partial charge in [-0.25, -0.2) is 4.18 Å². The van der Waals surface area contributed by atoms with Crippen molar-refractivity contribution < 1.29 is 51.8 Å². The summed E-state index contributed by atoms with van der Waals surface area (Å²) in [6, 6.07) is -0.944. The van der Waals surface area contributed by atoms with E-state index in [-0.39, 0.29) is 18.9 Å². The number of hydrogen-bond acceptors (Lipinski definition) is 10. The molecule has 0 bridgehead atoms. The van der Waals surface area contributed by atoms with Crippen molar-refractivity contribution in [1.29, 1.82) is 0 Å². The number of carbonyl (C=O) groups excluding carboxylic acids is 1. The van der Waals surface area contributed by atoms with Gasteiger partial charge in [-0.15, -0.1) is 0 Å². The van der Waals surface area contributed by atoms with Crippen LogP contribution < -0.4 is 5.32 Å². The maximum absolute atomic E-state index is 13.1. The van der Waals surface area contributed by atoms with E-state index >= 15 is 0 Å². The molecule has 0 saturated carbocycles. The Labute approximate surface area is 435 Å². The van der Waals surface area contributed by atoms with Crippen molar-refractivity contribution in [3.63, 3.8) is 0 Å². The summed E-state index contributed by atoms with van der Waals surface area (Å²) in [5, 5.41) is 44.9. The lowest BCUT2D eigenvalue weighted by Crippen LogP contribution is -2.61. The molecular formula is C58H109NO11S. The van der Waals surface area contributed by atoms with E-state index in [0.29, 0.717) is 6.42 Å². The Balaban J connectivity index is 2.31. The highest BCUT2D eigenvalue weighted by atomic mass is 32.3. The second-order valence-corrected chi connectivity index (χ2v) is 21.6. The van der Waals surface area contributed by atoms with Crippen molar-refractivity contribution in [3.05, 3.63) is 36.5 Å². The minimum absolute atomic E-state index is 0.261. The lowest BCUT2D eigenvalue weighted by molar-refractivity contribution is -0.298. The van der Waals surface area contributed by atoms with Crippen molar-refractivity contribution in [1.82, 2.24) is 5.32 Å². The molecule has 6 N–H and O–H groups in total. The molecule has 1 aliphatic heterocycles. The topological polar surface area (TPSA) is 192 Å². The van der Waals surface area contributed by atoms with Crippen LogP contribution in [0.4, 0.5) is 0 Å². The van der Waals surface area contributed by atoms with Gasteiger partial charge in [-0.1, -0.05) is 249 Å². The Kier molecular flexibility index (Phi) is 45.5. The quantitative estimate of drug-likeness (QED) is 0.0193. The largest absolute Gasteiger partial charge is 0.397 e. The maximum atomic E-state index is 13.1. The van der Waals surface area contributed by atoms with E-state index in [2.05, 4.69) is 47.7 Å². The Hall–Kier alpha value is -1.68. The summed E-state index contributed by atoms with van der Waals surface area (Å²) in [5.74, 6) is -0.261. The Morgan fingerprint density at radius 3 is 1.34 bits per heavy atom. The molecule has 0 aromatic rings. The van der Waals surface area contributed by atoms with Gasteiger partial charge in [-0.2, -0.15) is 8.42 Å². The van der Waals surface area contributed by atoms with Crippen LogP contribution in [0.1, 0.15) is 271 Å². The van der Waals surface area contributed by atoms with Gasteiger partial charge >= 0.3 is 10.4 Å². The first-order valence-electron chi connectivity index (χ1n) is 29.4. The number of allylic oxidation sites excluding steroid dienone is 5. The minimum Gasteiger partial charge on any atom is -0.394 e. The number of rotatable bonds is 51. The van der Waals surface area contributed by atoms with Gasteiger partial charge in [0.05, 0.1) is 25.4 Å². The standard InChI is InChI=1S/C58H109NO11S/c1-3-5-7-9-11-13-15-17-19-20-21-22-23-24-25-26-27-28-29-30-31-32-34-36-38-40-42-44-46-48-54(62)59-51(50-68-58-56(64)57(70-71(65,66)67)55(63)53(49-60)69-58)52(61)47-45-43-41-39-37-35-33-18-16-14-12-10-8-6-4-2/h21-22,24-25,45,47,51-53,55-58,60-61,63-64H,3-20,23,26-44,46,48-50H2,1-2H3,(H,59,62)(H,65,66,67)/b22-21-,25-24-,47-45+. The third-order valence-electron chi connectivity index (χ3n) is 13.9. The fourth-order valence-electron chi connectivity index (χ4n) is 9.37. The van der Waals surface area contributed by atoms with Crippen LogP contribution in [-0.4, -0.2) is 95.4 Å². The highest BCUT2D eigenvalue weighted by molar-refractivity contribution is 7.80. The monoisotopic (exact) mass is 1030 g/mol. The molecule has 0 aromatic carbocycles. The smallest absolute Gasteiger partial charge is 0.394 e. The maximum Gasteiger partial charge on any atom is 0.397 e. The Morgan fingerprint density at radius 2 is 0.944 bits per heavy atom. The average molecular weight is 1030 g/mol. The molecule has 1 heterocycles. The fraction of sp³-hybridized carbons (Fsp3) is 0.879. The summed E-state index contributed by atoms with van der Waals surface area (Å²) in [4.78, 5) is 13.1. The average Bonchev–Trinajstić information content (AvgIpc) is 3.34. The zero-order chi connectivity index (χ0) is 51.9. The van der Waals surface area contributed by atoms with Crippen molar-refractivity contribution >= 4 is 16.3 Å². The highest BCUT2D eigenvalue weighted by Gasteiger charge is 2.48. The number of aliphatic hydroxyl groups is 4. The molecule has 1 saturated heterocycles. The predicted octanol–water partition coefficient (Wildman–Crippen LogP) is 13.8. The van der Waals surface area contributed by atoms with E-state index in [0.717, 1.165) is 44.9 Å². The van der Waals surface area contributed by atoms with E-state index in [1.807, 2.05) is 6.08 Å². The van der Waals surface area contributed by atoms with E-state index in [1.54, 1.807) is 6.08 Å². The van der Waals surface area contributed by atoms with E-state index < -0.39 is 59.9 Å². The lowest BCUT2D eigenvalue weighted by atomic mass is 9.99. The number of amides is 1. The van der Waals surface area contributed by atoms with Crippen molar-refractivity contribution in [3.8, 4) is 0 Å². The van der Waals surface area contributed by atoms with Crippen LogP contribution in [-0.2, 0) is 28.9 Å². The molecule has 0 radical (unpaired) electrons. The second kappa shape index (κ2) is 48.0. The number of carbonyl (C=O) groups is 1. The number of nitrogens with one attached hydrogen (secondary N) is 1. The third kappa shape index (κ3) is 40.3. The SMILES string of the molecule is CCCCCCCCCCC/C=C\C/C=C\CCCCCCCCCCCCCCCC(=O)NC(COC1OC(CO)C(O)C(OS(=O)(=O)O)C1O)C(O)/C=C/CCCCCCCCCCCCCCC. The van der Waals surface area contributed by atoms with Crippen molar-refractivity contribution in [2.45, 2.75) is 314 Å². The third-order valence-corrected chi connectivity index (χ3v) is 14.4. The van der Waals surface area contributed by atoms with Gasteiger partial charge < -0.3 is 35.2 Å². The number of aliphatic hydroxyl groups excluding tert-OH is 4. The summed E-state index contributed by atoms with van der Waals surface area (Å²) < 4.78 is 47.8. The molecule has 7 atom stereocenters. The lowest BCUT2D eigenvalue weighted by Gasteiger charge is -2.41. The first-order chi connectivity index (χ1) is 34.5. The van der Waals surface area contributed by atoms with Crippen LogP contribution >= 0.6 is 0 Å². The molecule has 12 nitrogen and oxygen atoms in total. The first-order valence-corrected chi connectivity index (χ1v) is 30.7. The summed E-state index contributed by atoms with van der Waals surface area (Å²) in [6.45, 7) is 3.42. The summed E-state index contributed by atoms with van der Waals surface area (Å²) in [7, 11) is -5.09. The van der Waals surface area contributed by atoms with E-state index in [9.17, 15) is 38.2 Å². The van der Waals surface area contributed by atoms with Gasteiger partial charge in [0.15, 0.2) is 6.29 Å². The summed E-state index contributed by atoms with van der Waals surface area (Å²) in [6.07, 6.45) is 51.9. The van der Waals surface area contributed by atoms with Crippen LogP contribution in [0.15, 0.2) is 36.5 Å². The van der Waals surface area contributed by atoms with Crippen LogP contribution in [0.2, 0.25) is 0 Å². The minimum atomic E-state index is -5.09. The van der Waals surface area contributed by atoms with Gasteiger partial charge in [0, 0.05) is 6.42 Å². The molecule has 1 aliphatic rings. The zero-order valence-corrected chi connectivity index (χ0v) is 46.1. The number of ether oxygens (including phenoxy) is 2. The predicted molar refractivity (Wildman–Crippen MR) is 292 cm³/mol. The van der Waals surface area contributed by atoms with Gasteiger partial charge in [0.25, 0.3) is 0 Å². The Morgan fingerprint density at radius 1 is 0.563 bits per heavy atom. The van der Waals surface area contributed by atoms with Gasteiger partial charge in [-0.05, 0) is 51.4 Å². The molecule has 418 valence electrons. The fourth-order valence-corrected chi connectivity index (χ4v) is 9.88. The summed E-state index contributed by atoms with van der Waals surface area (Å²) in [5.41, 5.74) is 0. The number of hydrogen-bond donors (Lipinski definition) is 6. The van der Waals surface area contributed by atoms with Gasteiger partial charge in [0.1, 0.15) is 24.4 Å². The second-order valence-electron chi connectivity index (χ2n) is 20.6. The molecular weight excluding hydrogens is 919 g/mol. The first kappa shape index (κ1) is 67.3. The molecule has 7 unspecified atom stereocenters. The summed E-state index contributed by atoms with van der Waals surface area (Å²) >= 11 is 0. The molecule has 0 aromatic heterocycles. The normalized spacial score (nSPS) is 19.7. The Bertz CT molecular complexity index is 1390. The van der Waals surface area contributed by atoms with Crippen LogP contribution in [0.5, 0.6) is 0 Å². The number of unbranched alkanes of at least 4 members (excludes halogenated alkanes) is 35. The molecule has 1 rings (SSSR count). The van der Waals surface area contributed by atoms with Gasteiger partial charge in [0.2, 0.25) is 5.91 Å². The molecule has 71 heavy (non-hydrogen) atoms. The van der Waals surface area contributed by atoms with Crippen molar-refractivity contribution in [2.24, 2.45) is 0 Å². The van der Waals surface area contributed by atoms with Crippen LogP contribution in [0.25, 0.3) is 0 Å². The van der Waals surface area contributed by atoms with Gasteiger partial charge in [-0.3, -0.25) is 9.35 Å². The van der Waals surface area contributed by atoms with Crippen molar-refractivity contribution in [2.75, 3.05) is 13.2 Å². The molecule has 0 aliphatic carbocycles. The molecule has 1 amide bonds. The van der Waals surface area contributed by atoms with Crippen LogP contribution in [0.3, 0.4) is 0 Å². The van der Waals surface area contributed by atoms with Crippen LogP contribution in [0, 0.1) is 0 Å². The zero-order valence-electron chi connectivity index (χ0n) is 45.3. The van der Waals surface area contributed by atoms with E-state index in [4.69, 9.17) is 9.47 Å².